The van der Waals surface area contributed by atoms with Crippen LogP contribution in [0.5, 0.6) is 11.5 Å². The summed E-state index contributed by atoms with van der Waals surface area (Å²) in [6.45, 7) is 0. The summed E-state index contributed by atoms with van der Waals surface area (Å²) in [7, 11) is 4.77. The summed E-state index contributed by atoms with van der Waals surface area (Å²) in [6, 6.07) is 12.0. The van der Waals surface area contributed by atoms with Gasteiger partial charge < -0.3 is 19.4 Å². The maximum Gasteiger partial charge on any atom is 0.272 e. The van der Waals surface area contributed by atoms with Gasteiger partial charge in [-0.2, -0.15) is 0 Å². The maximum absolute atomic E-state index is 12.9. The molecule has 8 heteroatoms. The second-order valence-corrected chi connectivity index (χ2v) is 6.19. The van der Waals surface area contributed by atoms with Crippen LogP contribution in [-0.2, 0) is 7.05 Å². The molecule has 0 radical (unpaired) electrons. The summed E-state index contributed by atoms with van der Waals surface area (Å²) in [5.74, 6) is 0.705. The molecule has 8 nitrogen and oxygen atoms in total. The minimum Gasteiger partial charge on any atom is -0.497 e. The number of amides is 1. The molecule has 1 N–H and O–H groups in total. The molecule has 3 heterocycles. The van der Waals surface area contributed by atoms with Gasteiger partial charge in [0.1, 0.15) is 28.5 Å². The largest absolute Gasteiger partial charge is 0.497 e. The van der Waals surface area contributed by atoms with E-state index in [0.717, 1.165) is 0 Å². The monoisotopic (exact) mass is 378 g/mol. The number of methoxy groups -OCH3 is 2. The Balaban J connectivity index is 1.78. The zero-order valence-electron chi connectivity index (χ0n) is 15.6. The molecule has 142 valence electrons. The highest BCUT2D eigenvalue weighted by Gasteiger charge is 2.19. The summed E-state index contributed by atoms with van der Waals surface area (Å²) in [5, 5.41) is 3.19. The first-order valence-corrected chi connectivity index (χ1v) is 8.53. The number of aromatic nitrogens is 3. The van der Waals surface area contributed by atoms with Gasteiger partial charge in [-0.15, -0.1) is 0 Å². The van der Waals surface area contributed by atoms with E-state index in [1.54, 1.807) is 67.4 Å². The molecule has 0 aliphatic rings. The molecule has 28 heavy (non-hydrogen) atoms. The number of nitrogens with zero attached hydrogens (tertiary/aromatic N) is 3. The molecule has 0 bridgehead atoms. The minimum atomic E-state index is -0.377. The van der Waals surface area contributed by atoms with Crippen molar-refractivity contribution in [1.29, 1.82) is 0 Å². The number of carbonyl (C=O) groups excluding carboxylic acids is 1. The van der Waals surface area contributed by atoms with E-state index in [-0.39, 0.29) is 11.5 Å². The predicted molar refractivity (Wildman–Crippen MR) is 105 cm³/mol. The van der Waals surface area contributed by atoms with E-state index >= 15 is 0 Å². The Morgan fingerprint density at radius 2 is 1.93 bits per heavy atom. The number of ether oxygens (including phenoxy) is 2. The van der Waals surface area contributed by atoms with Crippen LogP contribution in [0.2, 0.25) is 0 Å². The maximum atomic E-state index is 12.9. The molecule has 1 aromatic carbocycles. The van der Waals surface area contributed by atoms with E-state index in [9.17, 15) is 9.59 Å². The van der Waals surface area contributed by atoms with Crippen LogP contribution in [0, 0.1) is 0 Å². The molecule has 0 spiro atoms. The van der Waals surface area contributed by atoms with Gasteiger partial charge in [-0.3, -0.25) is 14.0 Å². The molecule has 0 saturated carbocycles. The van der Waals surface area contributed by atoms with Crippen LogP contribution < -0.4 is 20.3 Å². The summed E-state index contributed by atoms with van der Waals surface area (Å²) in [6.07, 6.45) is 1.65. The number of anilines is 1. The van der Waals surface area contributed by atoms with Crippen LogP contribution in [0.4, 0.5) is 5.69 Å². The molecule has 0 unspecified atom stereocenters. The van der Waals surface area contributed by atoms with Crippen LogP contribution in [0.25, 0.3) is 16.7 Å². The third-order valence-corrected chi connectivity index (χ3v) is 4.60. The Hall–Kier alpha value is -3.81. The molecular weight excluding hydrogens is 360 g/mol. The topological polar surface area (TPSA) is 86.9 Å². The van der Waals surface area contributed by atoms with Crippen molar-refractivity contribution in [2.24, 2.45) is 7.05 Å². The lowest BCUT2D eigenvalue weighted by Gasteiger charge is -2.12. The zero-order chi connectivity index (χ0) is 19.8. The van der Waals surface area contributed by atoms with Gasteiger partial charge in [0.05, 0.1) is 25.3 Å². The highest BCUT2D eigenvalue weighted by Crippen LogP contribution is 2.29. The lowest BCUT2D eigenvalue weighted by Crippen LogP contribution is -2.16. The molecule has 0 atom stereocenters. The second-order valence-electron chi connectivity index (χ2n) is 6.19. The fraction of sp³-hybridized carbons (Fsp3) is 0.150. The quantitative estimate of drug-likeness (QED) is 0.589. The van der Waals surface area contributed by atoms with Crippen molar-refractivity contribution in [3.63, 3.8) is 0 Å². The van der Waals surface area contributed by atoms with Crippen LogP contribution in [0.1, 0.15) is 10.5 Å². The van der Waals surface area contributed by atoms with Gasteiger partial charge in [0, 0.05) is 19.3 Å². The second kappa shape index (κ2) is 6.73. The molecule has 4 rings (SSSR count). The Labute approximate surface area is 159 Å². The number of nitrogens with one attached hydrogen (secondary N) is 1. The van der Waals surface area contributed by atoms with Crippen molar-refractivity contribution < 1.29 is 14.3 Å². The van der Waals surface area contributed by atoms with Crippen molar-refractivity contribution in [3.05, 3.63) is 64.7 Å². The minimum absolute atomic E-state index is 0.225. The molecule has 4 aromatic rings. The van der Waals surface area contributed by atoms with Crippen molar-refractivity contribution in [3.8, 4) is 11.5 Å². The van der Waals surface area contributed by atoms with Crippen molar-refractivity contribution in [1.82, 2.24) is 14.0 Å². The lowest BCUT2D eigenvalue weighted by molar-refractivity contribution is 0.101. The van der Waals surface area contributed by atoms with Gasteiger partial charge in [-0.05, 0) is 30.3 Å². The first kappa shape index (κ1) is 17.6. The number of aryl methyl sites for hydroxylation is 1. The third kappa shape index (κ3) is 2.75. The molecule has 0 aliphatic heterocycles. The summed E-state index contributed by atoms with van der Waals surface area (Å²) < 4.78 is 13.5. The summed E-state index contributed by atoms with van der Waals surface area (Å²) >= 11 is 0. The van der Waals surface area contributed by atoms with E-state index in [0.29, 0.717) is 39.6 Å². The molecule has 3 aromatic heterocycles. The Morgan fingerprint density at radius 3 is 2.68 bits per heavy atom. The first-order valence-electron chi connectivity index (χ1n) is 8.53. The number of rotatable bonds is 4. The number of hydrogen-bond acceptors (Lipinski definition) is 5. The van der Waals surface area contributed by atoms with Crippen LogP contribution >= 0.6 is 0 Å². The summed E-state index contributed by atoms with van der Waals surface area (Å²) in [4.78, 5) is 30.1. The lowest BCUT2D eigenvalue weighted by atomic mass is 10.2. The molecule has 1 amide bonds. The highest BCUT2D eigenvalue weighted by molar-refractivity contribution is 6.06. The number of hydrogen-bond donors (Lipinski definition) is 1. The Bertz CT molecular complexity index is 1270. The van der Waals surface area contributed by atoms with Crippen LogP contribution in [0.3, 0.4) is 0 Å². The van der Waals surface area contributed by atoms with Crippen LogP contribution in [0.15, 0.2) is 53.5 Å². The van der Waals surface area contributed by atoms with E-state index in [2.05, 4.69) is 10.3 Å². The molecule has 0 fully saturated rings. The fourth-order valence-corrected chi connectivity index (χ4v) is 3.13. The average molecular weight is 378 g/mol. The van der Waals surface area contributed by atoms with Gasteiger partial charge in [0.2, 0.25) is 0 Å². The van der Waals surface area contributed by atoms with Crippen molar-refractivity contribution in [2.45, 2.75) is 0 Å². The predicted octanol–water partition coefficient (Wildman–Crippen LogP) is 2.46. The molecular formula is C20H18N4O4. The third-order valence-electron chi connectivity index (χ3n) is 4.60. The number of pyridine rings is 1. The Kier molecular flexibility index (Phi) is 4.23. The number of fused-ring (bicyclic) bond motifs is 2. The molecule has 0 saturated heterocycles. The number of benzene rings is 1. The highest BCUT2D eigenvalue weighted by atomic mass is 16.5. The van der Waals surface area contributed by atoms with Crippen molar-refractivity contribution >= 4 is 28.3 Å². The zero-order valence-corrected chi connectivity index (χ0v) is 15.6. The van der Waals surface area contributed by atoms with Gasteiger partial charge >= 0.3 is 0 Å². The van der Waals surface area contributed by atoms with E-state index in [4.69, 9.17) is 9.47 Å². The SMILES string of the molecule is COc1ccc(NC(=O)c2cc3c(=O)n4ccccc4nc3n2C)c(OC)c1. The van der Waals surface area contributed by atoms with Gasteiger partial charge in [-0.1, -0.05) is 6.07 Å². The van der Waals surface area contributed by atoms with Gasteiger partial charge in [0.15, 0.2) is 0 Å². The van der Waals surface area contributed by atoms with E-state index < -0.39 is 0 Å². The van der Waals surface area contributed by atoms with Gasteiger partial charge in [-0.25, -0.2) is 4.98 Å². The normalized spacial score (nSPS) is 11.0. The first-order chi connectivity index (χ1) is 13.5. The smallest absolute Gasteiger partial charge is 0.272 e. The summed E-state index contributed by atoms with van der Waals surface area (Å²) in [5.41, 5.74) is 1.55. The van der Waals surface area contributed by atoms with Crippen LogP contribution in [-0.4, -0.2) is 34.1 Å². The fourth-order valence-electron chi connectivity index (χ4n) is 3.13. The average Bonchev–Trinajstić information content (AvgIpc) is 3.05. The van der Waals surface area contributed by atoms with E-state index in [1.165, 1.54) is 11.5 Å². The van der Waals surface area contributed by atoms with E-state index in [1.807, 2.05) is 0 Å². The standard InChI is InChI=1S/C20H18N4O4/c1-23-15(19(25)21-14-8-7-12(27-2)10-16(14)28-3)11-13-18(23)22-17-6-4-5-9-24(17)20(13)26/h4-11H,1-3H3,(H,21,25). The molecule has 0 aliphatic carbocycles. The van der Waals surface area contributed by atoms with Gasteiger partial charge in [0.25, 0.3) is 11.5 Å². The van der Waals surface area contributed by atoms with Crippen molar-refractivity contribution in [2.75, 3.05) is 19.5 Å². The Morgan fingerprint density at radius 1 is 1.11 bits per heavy atom. The number of carbonyl (C=O) groups is 1.